The Labute approximate surface area is 365 Å². The van der Waals surface area contributed by atoms with Crippen LogP contribution in [0.15, 0.2) is 0 Å². The summed E-state index contributed by atoms with van der Waals surface area (Å²) in [4.78, 5) is 3.38. The molecule has 0 aromatic rings. The van der Waals surface area contributed by atoms with Gasteiger partial charge in [0, 0.05) is 45.0 Å². The highest BCUT2D eigenvalue weighted by Crippen LogP contribution is 2.64. The first-order valence-corrected chi connectivity index (χ1v) is 29.4. The average Bonchev–Trinajstić information content (AvgIpc) is 3.99. The number of thioether (sulfide) groups is 2. The molecule has 12 aliphatic rings. The third-order valence-electron chi connectivity index (χ3n) is 22.0. The zero-order valence-electron chi connectivity index (χ0n) is 37.1. The van der Waals surface area contributed by atoms with Crippen molar-refractivity contribution in [2.45, 2.75) is 263 Å². The van der Waals surface area contributed by atoms with Gasteiger partial charge in [-0.3, -0.25) is 4.90 Å². The molecular formula is C54H87NOS2. The molecule has 0 aromatic carbocycles. The fourth-order valence-corrected chi connectivity index (χ4v) is 24.1. The van der Waals surface area contributed by atoms with Crippen LogP contribution >= 0.6 is 23.5 Å². The van der Waals surface area contributed by atoms with Gasteiger partial charge >= 0.3 is 0 Å². The Morgan fingerprint density at radius 1 is 0.310 bits per heavy atom. The minimum absolute atomic E-state index is 0.625. The van der Waals surface area contributed by atoms with Crippen molar-refractivity contribution in [2.75, 3.05) is 0 Å². The second-order valence-electron chi connectivity index (χ2n) is 24.3. The lowest BCUT2D eigenvalue weighted by Gasteiger charge is -2.51. The first-order valence-electron chi connectivity index (χ1n) is 27.5. The molecule has 0 bridgehead atoms. The number of rotatable bonds is 6. The molecule has 0 spiro atoms. The zero-order chi connectivity index (χ0) is 38.2. The molecule has 2 nitrogen and oxygen atoms in total. The Kier molecular flexibility index (Phi) is 12.1. The molecule has 326 valence electrons. The summed E-state index contributed by atoms with van der Waals surface area (Å²) in [6, 6.07) is 2.73. The van der Waals surface area contributed by atoms with E-state index >= 15 is 0 Å². The molecule has 14 atom stereocenters. The van der Waals surface area contributed by atoms with Gasteiger partial charge in [-0.25, -0.2) is 0 Å². The summed E-state index contributed by atoms with van der Waals surface area (Å²) in [5.41, 5.74) is 0. The van der Waals surface area contributed by atoms with Gasteiger partial charge < -0.3 is 4.74 Å². The van der Waals surface area contributed by atoms with Gasteiger partial charge in [0.25, 0.3) is 0 Å². The number of ether oxygens (including phenoxy) is 1. The molecule has 0 N–H and O–H groups in total. The van der Waals surface area contributed by atoms with Gasteiger partial charge in [0.15, 0.2) is 0 Å². The average molecular weight is 830 g/mol. The van der Waals surface area contributed by atoms with E-state index in [1.54, 1.807) is 148 Å². The van der Waals surface area contributed by atoms with E-state index in [-0.39, 0.29) is 0 Å². The molecule has 58 heavy (non-hydrogen) atoms. The molecule has 9 aliphatic carbocycles. The van der Waals surface area contributed by atoms with Crippen LogP contribution in [-0.4, -0.2) is 56.2 Å². The third-order valence-corrected chi connectivity index (χ3v) is 25.9. The predicted octanol–water partition coefficient (Wildman–Crippen LogP) is 14.5. The second-order valence-corrected chi connectivity index (χ2v) is 27.1. The van der Waals surface area contributed by atoms with Gasteiger partial charge in [-0.15, -0.1) is 0 Å². The Bertz CT molecular complexity index is 1360. The van der Waals surface area contributed by atoms with Crippen molar-refractivity contribution >= 4 is 23.5 Å². The van der Waals surface area contributed by atoms with Gasteiger partial charge in [0.05, 0.1) is 12.2 Å². The van der Waals surface area contributed by atoms with E-state index < -0.39 is 0 Å². The van der Waals surface area contributed by atoms with Crippen molar-refractivity contribution in [3.05, 3.63) is 0 Å². The van der Waals surface area contributed by atoms with E-state index in [2.05, 4.69) is 28.4 Å². The highest BCUT2D eigenvalue weighted by molar-refractivity contribution is 8.01. The van der Waals surface area contributed by atoms with Crippen molar-refractivity contribution in [3.63, 3.8) is 0 Å². The number of hydrogen-bond acceptors (Lipinski definition) is 4. The first kappa shape index (κ1) is 40.2. The Hall–Kier alpha value is 0.620. The smallest absolute Gasteiger partial charge is 0.0621 e. The van der Waals surface area contributed by atoms with Crippen LogP contribution in [0, 0.1) is 71.0 Å². The fourth-order valence-electron chi connectivity index (χ4n) is 19.4. The molecule has 12 fully saturated rings. The summed E-state index contributed by atoms with van der Waals surface area (Å²) in [7, 11) is 0. The normalized spacial score (nSPS) is 53.5. The summed E-state index contributed by atoms with van der Waals surface area (Å²) >= 11 is 5.09. The van der Waals surface area contributed by atoms with Crippen molar-refractivity contribution < 1.29 is 4.74 Å². The maximum atomic E-state index is 6.89. The van der Waals surface area contributed by atoms with E-state index in [1.165, 1.54) is 64.2 Å². The molecule has 9 saturated carbocycles. The van der Waals surface area contributed by atoms with E-state index in [0.717, 1.165) is 110 Å². The van der Waals surface area contributed by atoms with Gasteiger partial charge in [0.1, 0.15) is 0 Å². The quantitative estimate of drug-likeness (QED) is 0.264. The van der Waals surface area contributed by atoms with Crippen molar-refractivity contribution in [3.8, 4) is 0 Å². The standard InChI is InChI=1S/C54H87NOS2/c1-2-9-34(10-3-1)35-17-24-39(25-18-35)55(40-26-19-36(20-27-40)38-23-32-51-47(33-38)43-11-5-7-16-50(43)57-51)41-28-21-37(22-29-41)42-13-8-14-44-45-30-31-49-52(54(45)58-53(42)44)46-12-4-6-15-48(46)56-49/h34-54H,1-33H2. The molecule has 3 heterocycles. The van der Waals surface area contributed by atoms with E-state index in [1.807, 2.05) is 0 Å². The molecule has 3 aliphatic heterocycles. The molecule has 12 rings (SSSR count). The minimum Gasteiger partial charge on any atom is -0.374 e. The van der Waals surface area contributed by atoms with Gasteiger partial charge in [-0.2, -0.15) is 23.5 Å². The summed E-state index contributed by atoms with van der Waals surface area (Å²) in [6.45, 7) is 0. The summed E-state index contributed by atoms with van der Waals surface area (Å²) < 4.78 is 6.89. The van der Waals surface area contributed by atoms with Crippen molar-refractivity contribution in [1.82, 2.24) is 4.90 Å². The number of fused-ring (bicyclic) bond motifs is 10. The molecular weight excluding hydrogens is 743 g/mol. The molecule has 0 amide bonds. The third kappa shape index (κ3) is 7.52. The lowest BCUT2D eigenvalue weighted by molar-refractivity contribution is -0.0142. The first-order chi connectivity index (χ1) is 28.7. The monoisotopic (exact) mass is 830 g/mol. The molecule has 3 saturated heterocycles. The van der Waals surface area contributed by atoms with Crippen LogP contribution in [-0.2, 0) is 4.74 Å². The second kappa shape index (κ2) is 17.5. The largest absolute Gasteiger partial charge is 0.374 e. The van der Waals surface area contributed by atoms with Gasteiger partial charge in [-0.1, -0.05) is 64.2 Å². The summed E-state index contributed by atoms with van der Waals surface area (Å²) in [6.07, 6.45) is 52.1. The van der Waals surface area contributed by atoms with Crippen LogP contribution in [0.2, 0.25) is 0 Å². The SMILES string of the molecule is C1CCC(C2CCC(N(C3CCC(C4CCC5SC6CCCCC6C5C4)CC3)C3CCC(C4CCCC5C6CCC7OC8CCCCC8C7C6SC45)CC3)CC2)CC1. The van der Waals surface area contributed by atoms with Crippen LogP contribution in [0.1, 0.15) is 212 Å². The van der Waals surface area contributed by atoms with Crippen molar-refractivity contribution in [1.29, 1.82) is 0 Å². The minimum atomic E-state index is 0.625. The van der Waals surface area contributed by atoms with Crippen LogP contribution in [0.3, 0.4) is 0 Å². The Balaban J connectivity index is 0.707. The fraction of sp³-hybridized carbons (Fsp3) is 1.00. The summed E-state index contributed by atoms with van der Waals surface area (Å²) in [5.74, 6) is 12.5. The van der Waals surface area contributed by atoms with E-state index in [0.29, 0.717) is 12.2 Å². The van der Waals surface area contributed by atoms with Crippen LogP contribution < -0.4 is 0 Å². The topological polar surface area (TPSA) is 12.5 Å². The number of hydrogen-bond donors (Lipinski definition) is 0. The zero-order valence-corrected chi connectivity index (χ0v) is 38.8. The maximum absolute atomic E-state index is 6.89. The lowest BCUT2D eigenvalue weighted by atomic mass is 9.62. The molecule has 0 aromatic heterocycles. The number of nitrogens with zero attached hydrogens (tertiary/aromatic N) is 1. The Morgan fingerprint density at radius 2 is 0.862 bits per heavy atom. The van der Waals surface area contributed by atoms with Gasteiger partial charge in [-0.05, 0) is 213 Å². The predicted molar refractivity (Wildman–Crippen MR) is 246 cm³/mol. The van der Waals surface area contributed by atoms with Crippen molar-refractivity contribution in [2.24, 2.45) is 71.0 Å². The van der Waals surface area contributed by atoms with Gasteiger partial charge in [0.2, 0.25) is 0 Å². The Morgan fingerprint density at radius 3 is 1.62 bits per heavy atom. The van der Waals surface area contributed by atoms with E-state index in [4.69, 9.17) is 4.74 Å². The van der Waals surface area contributed by atoms with E-state index in [9.17, 15) is 0 Å². The highest BCUT2D eigenvalue weighted by Gasteiger charge is 2.60. The maximum Gasteiger partial charge on any atom is 0.0621 e. The molecule has 4 heteroatoms. The molecule has 0 radical (unpaired) electrons. The lowest BCUT2D eigenvalue weighted by Crippen LogP contribution is -2.53. The highest BCUT2D eigenvalue weighted by atomic mass is 32.2. The van der Waals surface area contributed by atoms with Crippen LogP contribution in [0.4, 0.5) is 0 Å². The van der Waals surface area contributed by atoms with Crippen LogP contribution in [0.5, 0.6) is 0 Å². The molecule has 14 unspecified atom stereocenters. The summed E-state index contributed by atoms with van der Waals surface area (Å²) in [5, 5.41) is 4.04. The van der Waals surface area contributed by atoms with Crippen LogP contribution in [0.25, 0.3) is 0 Å².